The van der Waals surface area contributed by atoms with Gasteiger partial charge in [0.15, 0.2) is 0 Å². The number of methoxy groups -OCH3 is 1. The largest absolute Gasteiger partial charge is 0.507 e. The summed E-state index contributed by atoms with van der Waals surface area (Å²) in [6.07, 6.45) is 5.52. The first kappa shape index (κ1) is 22.5. The van der Waals surface area contributed by atoms with Gasteiger partial charge < -0.3 is 14.7 Å². The van der Waals surface area contributed by atoms with Gasteiger partial charge in [0, 0.05) is 43.2 Å². The van der Waals surface area contributed by atoms with Crippen molar-refractivity contribution in [1.29, 1.82) is 0 Å². The quantitative estimate of drug-likeness (QED) is 0.253. The van der Waals surface area contributed by atoms with Gasteiger partial charge in [0.05, 0.1) is 13.3 Å². The smallest absolute Gasteiger partial charge is 0.305 e. The first-order valence-electron chi connectivity index (χ1n) is 9.48. The third-order valence-electron chi connectivity index (χ3n) is 4.30. The second kappa shape index (κ2) is 12.7. The van der Waals surface area contributed by atoms with Crippen LogP contribution in [0.5, 0.6) is 5.75 Å². The summed E-state index contributed by atoms with van der Waals surface area (Å²) in [6, 6.07) is 5.40. The van der Waals surface area contributed by atoms with Gasteiger partial charge in [0.2, 0.25) is 5.91 Å². The number of phenols is 1. The Morgan fingerprint density at radius 2 is 1.81 bits per heavy atom. The molecule has 0 atom stereocenters. The Kier molecular flexibility index (Phi) is 10.6. The molecule has 1 amide bonds. The third-order valence-corrected chi connectivity index (χ3v) is 4.30. The Morgan fingerprint density at radius 3 is 2.41 bits per heavy atom. The first-order valence-corrected chi connectivity index (χ1v) is 9.48. The summed E-state index contributed by atoms with van der Waals surface area (Å²) in [4.78, 5) is 24.9. The molecule has 0 heterocycles. The van der Waals surface area contributed by atoms with Gasteiger partial charge in [-0.2, -0.15) is 5.10 Å². The van der Waals surface area contributed by atoms with Crippen molar-refractivity contribution >= 4 is 23.8 Å². The Bertz CT molecular complexity index is 628. The summed E-state index contributed by atoms with van der Waals surface area (Å²) >= 11 is 0. The molecule has 1 aromatic carbocycles. The SMILES string of the molecule is CCN(CC)c1ccc(/C=N/NC(=O)CCCCCCC(=O)OC)c(O)c1. The van der Waals surface area contributed by atoms with Gasteiger partial charge >= 0.3 is 5.97 Å². The zero-order valence-electron chi connectivity index (χ0n) is 16.5. The van der Waals surface area contributed by atoms with E-state index in [1.165, 1.54) is 13.3 Å². The number of unbranched alkanes of at least 4 members (excludes halogenated alkanes) is 3. The van der Waals surface area contributed by atoms with Crippen LogP contribution in [-0.2, 0) is 14.3 Å². The number of rotatable bonds is 12. The van der Waals surface area contributed by atoms with Crippen molar-refractivity contribution < 1.29 is 19.4 Å². The van der Waals surface area contributed by atoms with E-state index in [2.05, 4.69) is 34.0 Å². The fraction of sp³-hybridized carbons (Fsp3) is 0.550. The predicted molar refractivity (Wildman–Crippen MR) is 107 cm³/mol. The van der Waals surface area contributed by atoms with Gasteiger partial charge in [-0.25, -0.2) is 5.43 Å². The summed E-state index contributed by atoms with van der Waals surface area (Å²) in [7, 11) is 1.38. The van der Waals surface area contributed by atoms with Gasteiger partial charge in [-0.3, -0.25) is 9.59 Å². The highest BCUT2D eigenvalue weighted by molar-refractivity contribution is 5.86. The van der Waals surface area contributed by atoms with Crippen LogP contribution in [0.1, 0.15) is 57.9 Å². The molecule has 0 spiro atoms. The Labute approximate surface area is 161 Å². The lowest BCUT2D eigenvalue weighted by molar-refractivity contribution is -0.140. The van der Waals surface area contributed by atoms with E-state index in [1.54, 1.807) is 12.1 Å². The number of carbonyl (C=O) groups is 2. The Balaban J connectivity index is 2.33. The van der Waals surface area contributed by atoms with E-state index in [0.29, 0.717) is 18.4 Å². The van der Waals surface area contributed by atoms with E-state index >= 15 is 0 Å². The number of esters is 1. The van der Waals surface area contributed by atoms with Gasteiger partial charge in [0.1, 0.15) is 5.75 Å². The number of phenolic OH excluding ortho intramolecular Hbond substituents is 1. The molecular weight excluding hydrogens is 346 g/mol. The monoisotopic (exact) mass is 377 g/mol. The molecule has 0 aliphatic heterocycles. The van der Waals surface area contributed by atoms with Crippen LogP contribution in [0.25, 0.3) is 0 Å². The molecule has 0 saturated heterocycles. The highest BCUT2D eigenvalue weighted by Crippen LogP contribution is 2.23. The number of hydrogen-bond acceptors (Lipinski definition) is 6. The maximum atomic E-state index is 11.8. The van der Waals surface area contributed by atoms with Gasteiger partial charge in [-0.1, -0.05) is 12.8 Å². The Morgan fingerprint density at radius 1 is 1.15 bits per heavy atom. The van der Waals surface area contributed by atoms with Crippen molar-refractivity contribution in [2.24, 2.45) is 5.10 Å². The van der Waals surface area contributed by atoms with E-state index in [4.69, 9.17) is 0 Å². The molecule has 7 nitrogen and oxygen atoms in total. The maximum absolute atomic E-state index is 11.8. The number of aromatic hydroxyl groups is 1. The second-order valence-electron chi connectivity index (χ2n) is 6.20. The summed E-state index contributed by atoms with van der Waals surface area (Å²) in [5, 5.41) is 14.0. The molecule has 0 saturated carbocycles. The van der Waals surface area contributed by atoms with Crippen LogP contribution < -0.4 is 10.3 Å². The standard InChI is InChI=1S/C20H31N3O4/c1-4-23(5-2)17-13-12-16(18(24)14-17)15-21-22-19(25)10-8-6-7-9-11-20(26)27-3/h12-15,24H,4-11H2,1-3H3,(H,22,25)/b21-15+. The number of benzene rings is 1. The van der Waals surface area contributed by atoms with Crippen LogP contribution in [0.3, 0.4) is 0 Å². The van der Waals surface area contributed by atoms with E-state index in [0.717, 1.165) is 44.5 Å². The molecule has 2 N–H and O–H groups in total. The highest BCUT2D eigenvalue weighted by atomic mass is 16.5. The van der Waals surface area contributed by atoms with Crippen LogP contribution in [0.2, 0.25) is 0 Å². The van der Waals surface area contributed by atoms with Gasteiger partial charge in [-0.05, 0) is 38.8 Å². The number of anilines is 1. The van der Waals surface area contributed by atoms with E-state index in [9.17, 15) is 14.7 Å². The summed E-state index contributed by atoms with van der Waals surface area (Å²) in [6.45, 7) is 5.85. The molecule has 0 aliphatic carbocycles. The average Bonchev–Trinajstić information content (AvgIpc) is 2.66. The summed E-state index contributed by atoms with van der Waals surface area (Å²) in [5.41, 5.74) is 3.97. The molecule has 1 rings (SSSR count). The van der Waals surface area contributed by atoms with Gasteiger partial charge in [0.25, 0.3) is 0 Å². The topological polar surface area (TPSA) is 91.2 Å². The molecule has 0 aliphatic rings. The zero-order valence-corrected chi connectivity index (χ0v) is 16.5. The van der Waals surface area contributed by atoms with Crippen molar-refractivity contribution in [1.82, 2.24) is 5.43 Å². The van der Waals surface area contributed by atoms with Crippen molar-refractivity contribution in [3.63, 3.8) is 0 Å². The molecular formula is C20H31N3O4. The minimum atomic E-state index is -0.199. The minimum Gasteiger partial charge on any atom is -0.507 e. The van der Waals surface area contributed by atoms with Crippen molar-refractivity contribution in [3.05, 3.63) is 23.8 Å². The number of nitrogens with one attached hydrogen (secondary N) is 1. The molecule has 1 aromatic rings. The number of nitrogens with zero attached hydrogens (tertiary/aromatic N) is 2. The lowest BCUT2D eigenvalue weighted by atomic mass is 10.1. The summed E-state index contributed by atoms with van der Waals surface area (Å²) in [5.74, 6) is -0.239. The number of hydrogen-bond donors (Lipinski definition) is 2. The molecule has 27 heavy (non-hydrogen) atoms. The lowest BCUT2D eigenvalue weighted by Crippen LogP contribution is -2.21. The van der Waals surface area contributed by atoms with Crippen LogP contribution in [0.4, 0.5) is 5.69 Å². The lowest BCUT2D eigenvalue weighted by Gasteiger charge is -2.21. The normalized spacial score (nSPS) is 10.8. The maximum Gasteiger partial charge on any atom is 0.305 e. The number of carbonyl (C=O) groups excluding carboxylic acids is 2. The van der Waals surface area contributed by atoms with Crippen molar-refractivity contribution in [2.75, 3.05) is 25.1 Å². The van der Waals surface area contributed by atoms with E-state index < -0.39 is 0 Å². The van der Waals surface area contributed by atoms with Crippen LogP contribution in [0, 0.1) is 0 Å². The van der Waals surface area contributed by atoms with Crippen LogP contribution >= 0.6 is 0 Å². The molecule has 0 radical (unpaired) electrons. The van der Waals surface area contributed by atoms with Crippen LogP contribution in [0.15, 0.2) is 23.3 Å². The van der Waals surface area contributed by atoms with Gasteiger partial charge in [-0.15, -0.1) is 0 Å². The zero-order chi connectivity index (χ0) is 20.1. The van der Waals surface area contributed by atoms with E-state index in [-0.39, 0.29) is 17.6 Å². The fourth-order valence-corrected chi connectivity index (χ4v) is 2.67. The number of ether oxygens (including phenoxy) is 1. The fourth-order valence-electron chi connectivity index (χ4n) is 2.67. The average molecular weight is 377 g/mol. The molecule has 0 unspecified atom stereocenters. The van der Waals surface area contributed by atoms with E-state index in [1.807, 2.05) is 6.07 Å². The molecule has 0 bridgehead atoms. The number of amides is 1. The molecule has 0 aromatic heterocycles. The van der Waals surface area contributed by atoms with Crippen LogP contribution in [-0.4, -0.2) is 43.4 Å². The van der Waals surface area contributed by atoms with Crippen molar-refractivity contribution in [2.45, 2.75) is 52.4 Å². The minimum absolute atomic E-state index is 0.128. The molecule has 150 valence electrons. The summed E-state index contributed by atoms with van der Waals surface area (Å²) < 4.78 is 4.57. The van der Waals surface area contributed by atoms with Crippen molar-refractivity contribution in [3.8, 4) is 5.75 Å². The second-order valence-corrected chi connectivity index (χ2v) is 6.20. The Hall–Kier alpha value is -2.57. The highest BCUT2D eigenvalue weighted by Gasteiger charge is 2.06. The molecule has 7 heteroatoms. The third kappa shape index (κ3) is 8.57. The predicted octanol–water partition coefficient (Wildman–Crippen LogP) is 3.20. The first-order chi connectivity index (χ1) is 13.0. The number of hydrazone groups is 1. The molecule has 0 fully saturated rings.